The average molecular weight is 320 g/mol. The highest BCUT2D eigenvalue weighted by Crippen LogP contribution is 2.21. The van der Waals surface area contributed by atoms with E-state index >= 15 is 0 Å². The summed E-state index contributed by atoms with van der Waals surface area (Å²) >= 11 is 0. The summed E-state index contributed by atoms with van der Waals surface area (Å²) < 4.78 is 0. The Kier molecular flexibility index (Phi) is 5.07. The Morgan fingerprint density at radius 3 is 2.67 bits per heavy atom. The smallest absolute Gasteiger partial charge is 0.274 e. The van der Waals surface area contributed by atoms with Gasteiger partial charge in [-0.2, -0.15) is 5.26 Å². The number of nitriles is 1. The van der Waals surface area contributed by atoms with E-state index in [9.17, 15) is 4.79 Å². The lowest BCUT2D eigenvalue weighted by atomic mass is 9.95. The number of carbonyl (C=O) groups is 1. The van der Waals surface area contributed by atoms with Crippen LogP contribution in [0.25, 0.3) is 0 Å². The number of hydrogen-bond donors (Lipinski definition) is 2. The molecule has 0 unspecified atom stereocenters. The normalized spacial score (nSPS) is 14.6. The van der Waals surface area contributed by atoms with Crippen LogP contribution in [0.4, 0.5) is 11.4 Å². The summed E-state index contributed by atoms with van der Waals surface area (Å²) in [5.41, 5.74) is 2.40. The van der Waals surface area contributed by atoms with Gasteiger partial charge in [0, 0.05) is 11.7 Å². The zero-order chi connectivity index (χ0) is 16.8. The fourth-order valence-electron chi connectivity index (χ4n) is 2.96. The lowest BCUT2D eigenvalue weighted by Gasteiger charge is -2.23. The molecule has 5 heteroatoms. The van der Waals surface area contributed by atoms with Gasteiger partial charge in [-0.25, -0.2) is 4.98 Å². The van der Waals surface area contributed by atoms with Gasteiger partial charge in [-0.1, -0.05) is 25.3 Å². The Balaban J connectivity index is 1.62. The zero-order valence-electron chi connectivity index (χ0n) is 13.5. The number of benzene rings is 1. The van der Waals surface area contributed by atoms with E-state index in [1.165, 1.54) is 32.1 Å². The fraction of sp³-hybridized carbons (Fsp3) is 0.316. The minimum absolute atomic E-state index is 0.283. The molecular weight excluding hydrogens is 300 g/mol. The quantitative estimate of drug-likeness (QED) is 0.894. The van der Waals surface area contributed by atoms with E-state index in [-0.39, 0.29) is 5.91 Å². The number of anilines is 2. The summed E-state index contributed by atoms with van der Waals surface area (Å²) in [4.78, 5) is 16.5. The molecule has 1 saturated carbocycles. The predicted octanol–water partition coefficient (Wildman–Crippen LogP) is 3.95. The highest BCUT2D eigenvalue weighted by atomic mass is 16.1. The number of nitrogens with zero attached hydrogens (tertiary/aromatic N) is 2. The number of pyridine rings is 1. The molecule has 122 valence electrons. The van der Waals surface area contributed by atoms with Crippen LogP contribution in [-0.2, 0) is 0 Å². The average Bonchev–Trinajstić information content (AvgIpc) is 2.63. The van der Waals surface area contributed by atoms with Gasteiger partial charge in [0.15, 0.2) is 0 Å². The largest absolute Gasteiger partial charge is 0.381 e. The molecule has 0 radical (unpaired) electrons. The second-order valence-electron chi connectivity index (χ2n) is 6.06. The number of hydrogen-bond acceptors (Lipinski definition) is 4. The molecule has 1 aromatic heterocycles. The summed E-state index contributed by atoms with van der Waals surface area (Å²) in [6.07, 6.45) is 7.95. The van der Waals surface area contributed by atoms with Gasteiger partial charge in [0.25, 0.3) is 5.91 Å². The predicted molar refractivity (Wildman–Crippen MR) is 93.8 cm³/mol. The van der Waals surface area contributed by atoms with E-state index in [2.05, 4.69) is 21.7 Å². The molecule has 0 spiro atoms. The number of aromatic nitrogens is 1. The van der Waals surface area contributed by atoms with Crippen LogP contribution in [0.5, 0.6) is 0 Å². The molecule has 2 N–H and O–H groups in total. The molecule has 0 atom stereocenters. The first-order valence-corrected chi connectivity index (χ1v) is 8.29. The standard InChI is InChI=1S/C19H20N4O/c20-12-14-5-4-8-16(11-14)23-19(24)18-10-9-17(13-21-18)22-15-6-2-1-3-7-15/h4-5,8-11,13,15,22H,1-3,6-7H2,(H,23,24). The first-order chi connectivity index (χ1) is 11.7. The van der Waals surface area contributed by atoms with Crippen LogP contribution in [0.15, 0.2) is 42.6 Å². The third-order valence-electron chi connectivity index (χ3n) is 4.22. The van der Waals surface area contributed by atoms with E-state index < -0.39 is 0 Å². The Morgan fingerprint density at radius 2 is 1.96 bits per heavy atom. The number of amides is 1. The van der Waals surface area contributed by atoms with Crippen molar-refractivity contribution in [3.05, 3.63) is 53.9 Å². The van der Waals surface area contributed by atoms with Gasteiger partial charge in [-0.3, -0.25) is 4.79 Å². The van der Waals surface area contributed by atoms with Crippen molar-refractivity contribution in [1.29, 1.82) is 5.26 Å². The molecule has 1 heterocycles. The third-order valence-corrected chi connectivity index (χ3v) is 4.22. The lowest BCUT2D eigenvalue weighted by molar-refractivity contribution is 0.102. The number of carbonyl (C=O) groups excluding carboxylic acids is 1. The van der Waals surface area contributed by atoms with Gasteiger partial charge in [-0.15, -0.1) is 0 Å². The molecule has 1 fully saturated rings. The molecule has 3 rings (SSSR count). The Labute approximate surface area is 141 Å². The van der Waals surface area contributed by atoms with Gasteiger partial charge in [0.2, 0.25) is 0 Å². The van der Waals surface area contributed by atoms with Gasteiger partial charge in [-0.05, 0) is 43.2 Å². The van der Waals surface area contributed by atoms with Crippen molar-refractivity contribution in [3.63, 3.8) is 0 Å². The molecule has 5 nitrogen and oxygen atoms in total. The van der Waals surface area contributed by atoms with E-state index in [0.717, 1.165) is 5.69 Å². The molecular formula is C19H20N4O. The van der Waals surface area contributed by atoms with Crippen molar-refractivity contribution in [1.82, 2.24) is 4.98 Å². The maximum Gasteiger partial charge on any atom is 0.274 e. The monoisotopic (exact) mass is 320 g/mol. The maximum absolute atomic E-state index is 12.2. The van der Waals surface area contributed by atoms with Crippen LogP contribution in [0.3, 0.4) is 0 Å². The first kappa shape index (κ1) is 16.0. The SMILES string of the molecule is N#Cc1cccc(NC(=O)c2ccc(NC3CCCCC3)cn2)c1. The molecule has 1 aliphatic rings. The van der Waals surface area contributed by atoms with Crippen molar-refractivity contribution in [2.75, 3.05) is 10.6 Å². The van der Waals surface area contributed by atoms with Crippen molar-refractivity contribution >= 4 is 17.3 Å². The van der Waals surface area contributed by atoms with Crippen molar-refractivity contribution in [3.8, 4) is 6.07 Å². The van der Waals surface area contributed by atoms with Crippen molar-refractivity contribution in [2.45, 2.75) is 38.1 Å². The third kappa shape index (κ3) is 4.11. The lowest BCUT2D eigenvalue weighted by Crippen LogP contribution is -2.22. The van der Waals surface area contributed by atoms with Crippen LogP contribution in [-0.4, -0.2) is 16.9 Å². The van der Waals surface area contributed by atoms with E-state index in [0.29, 0.717) is 23.0 Å². The minimum atomic E-state index is -0.283. The second kappa shape index (κ2) is 7.60. The zero-order valence-corrected chi connectivity index (χ0v) is 13.5. The van der Waals surface area contributed by atoms with Gasteiger partial charge in [0.05, 0.1) is 23.5 Å². The van der Waals surface area contributed by atoms with Gasteiger partial charge in [0.1, 0.15) is 5.69 Å². The molecule has 1 aliphatic carbocycles. The van der Waals surface area contributed by atoms with Crippen molar-refractivity contribution in [2.24, 2.45) is 0 Å². The highest BCUT2D eigenvalue weighted by Gasteiger charge is 2.13. The van der Waals surface area contributed by atoms with Crippen LogP contribution < -0.4 is 10.6 Å². The Bertz CT molecular complexity index is 743. The topological polar surface area (TPSA) is 77.8 Å². The van der Waals surface area contributed by atoms with E-state index in [1.54, 1.807) is 36.5 Å². The number of nitrogens with one attached hydrogen (secondary N) is 2. The summed E-state index contributed by atoms with van der Waals surface area (Å²) in [5, 5.41) is 15.1. The van der Waals surface area contributed by atoms with Crippen LogP contribution in [0.1, 0.15) is 48.2 Å². The molecule has 1 amide bonds. The van der Waals surface area contributed by atoms with Gasteiger partial charge < -0.3 is 10.6 Å². The summed E-state index contributed by atoms with van der Waals surface area (Å²) in [6.45, 7) is 0. The summed E-state index contributed by atoms with van der Waals surface area (Å²) in [6, 6.07) is 13.0. The maximum atomic E-state index is 12.2. The second-order valence-corrected chi connectivity index (χ2v) is 6.06. The van der Waals surface area contributed by atoms with Crippen LogP contribution in [0, 0.1) is 11.3 Å². The Morgan fingerprint density at radius 1 is 1.12 bits per heavy atom. The molecule has 0 saturated heterocycles. The number of rotatable bonds is 4. The van der Waals surface area contributed by atoms with E-state index in [4.69, 9.17) is 5.26 Å². The Hall–Kier alpha value is -2.87. The minimum Gasteiger partial charge on any atom is -0.381 e. The fourth-order valence-corrected chi connectivity index (χ4v) is 2.96. The summed E-state index contributed by atoms with van der Waals surface area (Å²) in [7, 11) is 0. The van der Waals surface area contributed by atoms with E-state index in [1.807, 2.05) is 6.07 Å². The molecule has 24 heavy (non-hydrogen) atoms. The molecule has 0 bridgehead atoms. The molecule has 0 aliphatic heterocycles. The van der Waals surface area contributed by atoms with Crippen LogP contribution in [0.2, 0.25) is 0 Å². The van der Waals surface area contributed by atoms with Crippen LogP contribution >= 0.6 is 0 Å². The molecule has 1 aromatic carbocycles. The van der Waals surface area contributed by atoms with Crippen molar-refractivity contribution < 1.29 is 4.79 Å². The highest BCUT2D eigenvalue weighted by molar-refractivity contribution is 6.03. The van der Waals surface area contributed by atoms with Gasteiger partial charge >= 0.3 is 0 Å². The molecule has 2 aromatic rings. The first-order valence-electron chi connectivity index (χ1n) is 8.29. The summed E-state index contributed by atoms with van der Waals surface area (Å²) in [5.74, 6) is -0.283.